The van der Waals surface area contributed by atoms with Gasteiger partial charge in [0.1, 0.15) is 0 Å². The van der Waals surface area contributed by atoms with Crippen LogP contribution in [0.3, 0.4) is 0 Å². The number of nitrogens with zero attached hydrogens (tertiary/aromatic N) is 4. The number of carbonyl (C=O) groups is 1. The zero-order valence-corrected chi connectivity index (χ0v) is 25.8. The topological polar surface area (TPSA) is 87.8 Å². The summed E-state index contributed by atoms with van der Waals surface area (Å²) < 4.78 is 34.7. The molecule has 0 saturated heterocycles. The lowest BCUT2D eigenvalue weighted by Crippen LogP contribution is -2.30. The lowest BCUT2D eigenvalue weighted by molar-refractivity contribution is -0.164. The van der Waals surface area contributed by atoms with Crippen LogP contribution in [-0.2, 0) is 20.7 Å². The van der Waals surface area contributed by atoms with E-state index in [1.165, 1.54) is 13.2 Å². The molecule has 6 rings (SSSR count). The van der Waals surface area contributed by atoms with Crippen molar-refractivity contribution < 1.29 is 23.4 Å². The highest BCUT2D eigenvalue weighted by molar-refractivity contribution is 5.86. The van der Waals surface area contributed by atoms with E-state index in [4.69, 9.17) is 24.3 Å². The van der Waals surface area contributed by atoms with Gasteiger partial charge in [-0.15, -0.1) is 0 Å². The van der Waals surface area contributed by atoms with E-state index in [9.17, 15) is 4.79 Å². The van der Waals surface area contributed by atoms with Crippen molar-refractivity contribution in [2.45, 2.75) is 59.2 Å². The second-order valence-electron chi connectivity index (χ2n) is 12.0. The Hall–Kier alpha value is -4.63. The van der Waals surface area contributed by atoms with E-state index in [1.54, 1.807) is 23.1 Å². The molecule has 8 nitrogen and oxygen atoms in total. The smallest absolute Gasteiger partial charge is 0.339 e. The number of methoxy groups -OCH3 is 1. The molecule has 0 saturated carbocycles. The Morgan fingerprint density at radius 3 is 2.52 bits per heavy atom. The monoisotopic (exact) mass is 594 g/mol. The highest BCUT2D eigenvalue weighted by atomic mass is 19.1. The molecular weight excluding hydrogens is 559 g/mol. The average Bonchev–Trinajstić information content (AvgIpc) is 3.44. The number of ether oxygens (including phenoxy) is 3. The first-order valence-electron chi connectivity index (χ1n) is 14.7. The third kappa shape index (κ3) is 5.32. The predicted molar refractivity (Wildman–Crippen MR) is 166 cm³/mol. The molecule has 0 bridgehead atoms. The van der Waals surface area contributed by atoms with Gasteiger partial charge in [-0.05, 0) is 94.0 Å². The minimum Gasteiger partial charge on any atom is -0.490 e. The first-order chi connectivity index (χ1) is 21.1. The third-order valence-electron chi connectivity index (χ3n) is 7.90. The molecule has 226 valence electrons. The SMILES string of the molecule is COC(=O)C(OC(C)(C)C)c1c(C)nc2c(-c3cccc(-c4ccncc4)c3)cnn2c1-c1cc(F)c2c(c1C)CCCO2. The lowest BCUT2D eigenvalue weighted by Gasteiger charge is -2.29. The van der Waals surface area contributed by atoms with Gasteiger partial charge >= 0.3 is 5.97 Å². The van der Waals surface area contributed by atoms with E-state index in [2.05, 4.69) is 11.1 Å². The fourth-order valence-electron chi connectivity index (χ4n) is 5.89. The Kier molecular flexibility index (Phi) is 7.67. The zero-order valence-electron chi connectivity index (χ0n) is 25.8. The van der Waals surface area contributed by atoms with Crippen LogP contribution in [0.15, 0.2) is 61.1 Å². The van der Waals surface area contributed by atoms with E-state index >= 15 is 4.39 Å². The highest BCUT2D eigenvalue weighted by Gasteiger charge is 2.35. The fraction of sp³-hybridized carbons (Fsp3) is 0.314. The second kappa shape index (κ2) is 11.5. The molecule has 5 aromatic rings. The number of hydrogen-bond acceptors (Lipinski definition) is 7. The van der Waals surface area contributed by atoms with Crippen molar-refractivity contribution >= 4 is 11.6 Å². The Bertz CT molecular complexity index is 1880. The van der Waals surface area contributed by atoms with Crippen molar-refractivity contribution in [3.63, 3.8) is 0 Å². The predicted octanol–water partition coefficient (Wildman–Crippen LogP) is 7.24. The average molecular weight is 595 g/mol. The first-order valence-corrected chi connectivity index (χ1v) is 14.7. The van der Waals surface area contributed by atoms with Crippen LogP contribution >= 0.6 is 0 Å². The quantitative estimate of drug-likeness (QED) is 0.192. The molecule has 1 atom stereocenters. The van der Waals surface area contributed by atoms with Crippen LogP contribution in [0.5, 0.6) is 5.75 Å². The minimum absolute atomic E-state index is 0.283. The number of esters is 1. The summed E-state index contributed by atoms with van der Waals surface area (Å²) in [7, 11) is 1.32. The number of aromatic nitrogens is 4. The largest absolute Gasteiger partial charge is 0.490 e. The van der Waals surface area contributed by atoms with Gasteiger partial charge in [0.2, 0.25) is 0 Å². The molecule has 0 N–H and O–H groups in total. The van der Waals surface area contributed by atoms with Crippen molar-refractivity contribution in [2.24, 2.45) is 0 Å². The lowest BCUT2D eigenvalue weighted by atomic mass is 9.90. The number of benzene rings is 2. The van der Waals surface area contributed by atoms with Crippen LogP contribution in [0.1, 0.15) is 55.7 Å². The molecule has 0 spiro atoms. The van der Waals surface area contributed by atoms with E-state index < -0.39 is 23.5 Å². The molecule has 9 heteroatoms. The summed E-state index contributed by atoms with van der Waals surface area (Å²) in [6.45, 7) is 9.86. The van der Waals surface area contributed by atoms with Crippen LogP contribution in [0.25, 0.3) is 39.2 Å². The molecule has 1 aliphatic heterocycles. The van der Waals surface area contributed by atoms with Gasteiger partial charge in [-0.1, -0.05) is 18.2 Å². The van der Waals surface area contributed by atoms with E-state index in [0.29, 0.717) is 41.2 Å². The zero-order chi connectivity index (χ0) is 31.2. The number of carbonyl (C=O) groups excluding carboxylic acids is 1. The van der Waals surface area contributed by atoms with Gasteiger partial charge in [-0.25, -0.2) is 18.7 Å². The summed E-state index contributed by atoms with van der Waals surface area (Å²) >= 11 is 0. The number of hydrogen-bond donors (Lipinski definition) is 0. The van der Waals surface area contributed by atoms with Gasteiger partial charge in [0.25, 0.3) is 0 Å². The molecule has 1 unspecified atom stereocenters. The van der Waals surface area contributed by atoms with Gasteiger partial charge in [-0.2, -0.15) is 5.10 Å². The third-order valence-corrected chi connectivity index (χ3v) is 7.90. The van der Waals surface area contributed by atoms with Crippen molar-refractivity contribution in [3.05, 3.63) is 89.3 Å². The van der Waals surface area contributed by atoms with Crippen molar-refractivity contribution in [1.82, 2.24) is 19.6 Å². The molecule has 0 fully saturated rings. The van der Waals surface area contributed by atoms with Crippen LogP contribution < -0.4 is 4.74 Å². The Labute approximate surface area is 255 Å². The van der Waals surface area contributed by atoms with E-state index in [1.807, 2.05) is 65.0 Å². The van der Waals surface area contributed by atoms with Crippen molar-refractivity contribution in [1.29, 1.82) is 0 Å². The van der Waals surface area contributed by atoms with Crippen molar-refractivity contribution in [2.75, 3.05) is 13.7 Å². The number of rotatable bonds is 6. The van der Waals surface area contributed by atoms with Crippen LogP contribution in [0.4, 0.5) is 4.39 Å². The molecule has 4 heterocycles. The Balaban J connectivity index is 1.65. The van der Waals surface area contributed by atoms with Gasteiger partial charge in [0.05, 0.1) is 31.2 Å². The standard InChI is InChI=1S/C35H35FN4O4/c1-20-25-11-8-16-43-31(25)28(36)18-26(20)30-29(32(34(41)42-6)44-35(3,4)5)21(2)39-33-27(19-38-40(30)33)24-10-7-9-23(17-24)22-12-14-37-15-13-22/h7,9-10,12-15,17-19,32H,8,11,16H2,1-6H3. The summed E-state index contributed by atoms with van der Waals surface area (Å²) in [5.41, 5.74) is 7.42. The molecule has 0 radical (unpaired) electrons. The molecule has 0 aliphatic carbocycles. The number of aryl methyl sites for hydroxylation is 1. The minimum atomic E-state index is -1.13. The Morgan fingerprint density at radius 1 is 1.05 bits per heavy atom. The summed E-state index contributed by atoms with van der Waals surface area (Å²) in [6, 6.07) is 13.5. The maximum absolute atomic E-state index is 15.7. The number of fused-ring (bicyclic) bond motifs is 2. The molecular formula is C35H35FN4O4. The fourth-order valence-corrected chi connectivity index (χ4v) is 5.89. The molecule has 3 aromatic heterocycles. The van der Waals surface area contributed by atoms with Gasteiger partial charge in [0.15, 0.2) is 23.3 Å². The maximum Gasteiger partial charge on any atom is 0.339 e. The van der Waals surface area contributed by atoms with Crippen LogP contribution in [0, 0.1) is 19.7 Å². The van der Waals surface area contributed by atoms with Crippen molar-refractivity contribution in [3.8, 4) is 39.3 Å². The number of halogens is 1. The molecule has 1 aliphatic rings. The van der Waals surface area contributed by atoms with E-state index in [-0.39, 0.29) is 5.75 Å². The Morgan fingerprint density at radius 2 is 1.80 bits per heavy atom. The van der Waals surface area contributed by atoms with Gasteiger partial charge in [-0.3, -0.25) is 4.98 Å². The molecule has 0 amide bonds. The highest BCUT2D eigenvalue weighted by Crippen LogP contribution is 2.42. The van der Waals surface area contributed by atoms with Crippen LogP contribution in [-0.4, -0.2) is 44.9 Å². The molecule has 2 aromatic carbocycles. The summed E-state index contributed by atoms with van der Waals surface area (Å²) in [5, 5.41) is 4.81. The summed E-state index contributed by atoms with van der Waals surface area (Å²) in [6.07, 6.45) is 5.61. The normalized spacial score (nSPS) is 13.8. The first kappa shape index (κ1) is 29.4. The summed E-state index contributed by atoms with van der Waals surface area (Å²) in [5.74, 6) is -0.759. The second-order valence-corrected chi connectivity index (χ2v) is 12.0. The number of pyridine rings is 1. The maximum atomic E-state index is 15.7. The van der Waals surface area contributed by atoms with E-state index in [0.717, 1.165) is 39.8 Å². The molecule has 44 heavy (non-hydrogen) atoms. The van der Waals surface area contributed by atoms with Gasteiger partial charge in [0, 0.05) is 40.3 Å². The van der Waals surface area contributed by atoms with Gasteiger partial charge < -0.3 is 14.2 Å². The summed E-state index contributed by atoms with van der Waals surface area (Å²) in [4.78, 5) is 22.5. The van der Waals surface area contributed by atoms with Crippen LogP contribution in [0.2, 0.25) is 0 Å².